The monoisotopic (exact) mass is 368 g/mol. The smallest absolute Gasteiger partial charge is 0.233 e. The highest BCUT2D eigenvalue weighted by Gasteiger charge is 2.12. The molecule has 0 spiro atoms. The summed E-state index contributed by atoms with van der Waals surface area (Å²) in [5, 5.41) is 6.53. The van der Waals surface area contributed by atoms with Crippen LogP contribution in [0.2, 0.25) is 0 Å². The zero-order chi connectivity index (χ0) is 15.4. The predicted molar refractivity (Wildman–Crippen MR) is 87.2 cm³/mol. The molecule has 2 rings (SSSR count). The van der Waals surface area contributed by atoms with Gasteiger partial charge in [-0.25, -0.2) is 4.98 Å². The molecule has 1 N–H and O–H groups in total. The SMILES string of the molecule is Cc1cc(SCC(=O)N(C)Cc2ncn[nH]2)c(C)cc1Br. The second kappa shape index (κ2) is 7.09. The van der Waals surface area contributed by atoms with E-state index >= 15 is 0 Å². The summed E-state index contributed by atoms with van der Waals surface area (Å²) in [6.07, 6.45) is 1.44. The summed E-state index contributed by atoms with van der Waals surface area (Å²) in [4.78, 5) is 18.9. The minimum Gasteiger partial charge on any atom is -0.338 e. The van der Waals surface area contributed by atoms with Crippen LogP contribution in [0.3, 0.4) is 0 Å². The number of halogens is 1. The minimum absolute atomic E-state index is 0.0661. The molecule has 1 aromatic heterocycles. The van der Waals surface area contributed by atoms with Gasteiger partial charge in [0.05, 0.1) is 12.3 Å². The zero-order valence-electron chi connectivity index (χ0n) is 12.2. The maximum atomic E-state index is 12.1. The summed E-state index contributed by atoms with van der Waals surface area (Å²) in [5.41, 5.74) is 2.34. The summed E-state index contributed by atoms with van der Waals surface area (Å²) < 4.78 is 1.10. The Morgan fingerprint density at radius 2 is 2.14 bits per heavy atom. The molecule has 0 unspecified atom stereocenters. The van der Waals surface area contributed by atoms with Crippen LogP contribution in [0.4, 0.5) is 0 Å². The van der Waals surface area contributed by atoms with Crippen molar-refractivity contribution < 1.29 is 4.79 Å². The van der Waals surface area contributed by atoms with Gasteiger partial charge in [-0.3, -0.25) is 9.89 Å². The Balaban J connectivity index is 1.93. The highest BCUT2D eigenvalue weighted by molar-refractivity contribution is 9.10. The molecule has 0 radical (unpaired) electrons. The van der Waals surface area contributed by atoms with Gasteiger partial charge in [0, 0.05) is 16.4 Å². The molecular formula is C14H17BrN4OS. The molecule has 1 aromatic carbocycles. The van der Waals surface area contributed by atoms with Crippen LogP contribution in [0.25, 0.3) is 0 Å². The average molecular weight is 369 g/mol. The number of H-pyrrole nitrogens is 1. The largest absolute Gasteiger partial charge is 0.338 e. The minimum atomic E-state index is 0.0661. The summed E-state index contributed by atoms with van der Waals surface area (Å²) in [6, 6.07) is 4.19. The first-order chi connectivity index (χ1) is 9.97. The van der Waals surface area contributed by atoms with E-state index < -0.39 is 0 Å². The maximum absolute atomic E-state index is 12.1. The quantitative estimate of drug-likeness (QED) is 0.824. The van der Waals surface area contributed by atoms with Crippen LogP contribution in [0.1, 0.15) is 17.0 Å². The lowest BCUT2D eigenvalue weighted by atomic mass is 10.2. The van der Waals surface area contributed by atoms with Crippen LogP contribution in [0.5, 0.6) is 0 Å². The number of nitrogens with zero attached hydrogens (tertiary/aromatic N) is 3. The lowest BCUT2D eigenvalue weighted by Gasteiger charge is -2.16. The third kappa shape index (κ3) is 4.31. The van der Waals surface area contributed by atoms with Gasteiger partial charge in [-0.15, -0.1) is 11.8 Å². The number of benzene rings is 1. The Morgan fingerprint density at radius 1 is 1.38 bits per heavy atom. The first kappa shape index (κ1) is 16.0. The molecule has 0 bridgehead atoms. The van der Waals surface area contributed by atoms with Crippen molar-refractivity contribution >= 4 is 33.6 Å². The number of carbonyl (C=O) groups is 1. The van der Waals surface area contributed by atoms with Crippen LogP contribution >= 0.6 is 27.7 Å². The summed E-state index contributed by atoms with van der Waals surface area (Å²) in [7, 11) is 1.77. The van der Waals surface area contributed by atoms with Gasteiger partial charge >= 0.3 is 0 Å². The topological polar surface area (TPSA) is 61.9 Å². The number of hydrogen-bond donors (Lipinski definition) is 1. The molecule has 0 atom stereocenters. The third-order valence-corrected chi connectivity index (χ3v) is 5.08. The lowest BCUT2D eigenvalue weighted by Crippen LogP contribution is -2.28. The summed E-state index contributed by atoms with van der Waals surface area (Å²) in [6.45, 7) is 4.54. The van der Waals surface area contributed by atoms with Crippen molar-refractivity contribution in [1.29, 1.82) is 0 Å². The van der Waals surface area contributed by atoms with E-state index in [1.807, 2.05) is 6.92 Å². The number of rotatable bonds is 5. The van der Waals surface area contributed by atoms with Crippen LogP contribution in [0.15, 0.2) is 27.8 Å². The highest BCUT2D eigenvalue weighted by atomic mass is 79.9. The van der Waals surface area contributed by atoms with Gasteiger partial charge in [0.1, 0.15) is 12.2 Å². The molecule has 5 nitrogen and oxygen atoms in total. The molecular weight excluding hydrogens is 352 g/mol. The van der Waals surface area contributed by atoms with Gasteiger partial charge < -0.3 is 4.90 Å². The fraction of sp³-hybridized carbons (Fsp3) is 0.357. The van der Waals surface area contributed by atoms with Crippen molar-refractivity contribution in [1.82, 2.24) is 20.1 Å². The van der Waals surface area contributed by atoms with Gasteiger partial charge in [-0.2, -0.15) is 5.10 Å². The van der Waals surface area contributed by atoms with Crippen molar-refractivity contribution in [3.8, 4) is 0 Å². The molecule has 1 heterocycles. The Bertz CT molecular complexity index is 630. The molecule has 0 aliphatic heterocycles. The molecule has 21 heavy (non-hydrogen) atoms. The van der Waals surface area contributed by atoms with Gasteiger partial charge in [-0.05, 0) is 37.1 Å². The van der Waals surface area contributed by atoms with E-state index in [4.69, 9.17) is 0 Å². The Hall–Kier alpha value is -1.34. The number of aryl methyl sites for hydroxylation is 2. The summed E-state index contributed by atoms with van der Waals surface area (Å²) in [5.74, 6) is 1.16. The number of carbonyl (C=O) groups excluding carboxylic acids is 1. The van der Waals surface area contributed by atoms with Crippen molar-refractivity contribution in [3.63, 3.8) is 0 Å². The van der Waals surface area contributed by atoms with E-state index in [0.29, 0.717) is 18.1 Å². The summed E-state index contributed by atoms with van der Waals surface area (Å²) >= 11 is 5.08. The van der Waals surface area contributed by atoms with Crippen LogP contribution in [0, 0.1) is 13.8 Å². The van der Waals surface area contributed by atoms with E-state index in [2.05, 4.69) is 50.2 Å². The number of aromatic amines is 1. The normalized spacial score (nSPS) is 10.7. The second-order valence-electron chi connectivity index (χ2n) is 4.84. The third-order valence-electron chi connectivity index (χ3n) is 3.08. The average Bonchev–Trinajstić information content (AvgIpc) is 2.93. The van der Waals surface area contributed by atoms with E-state index in [1.54, 1.807) is 23.7 Å². The van der Waals surface area contributed by atoms with Crippen LogP contribution < -0.4 is 0 Å². The molecule has 1 amide bonds. The van der Waals surface area contributed by atoms with E-state index in [0.717, 1.165) is 9.37 Å². The van der Waals surface area contributed by atoms with Crippen molar-refractivity contribution in [2.45, 2.75) is 25.3 Å². The van der Waals surface area contributed by atoms with Gasteiger partial charge in [0.25, 0.3) is 0 Å². The maximum Gasteiger partial charge on any atom is 0.233 e. The van der Waals surface area contributed by atoms with Crippen molar-refractivity contribution in [2.75, 3.05) is 12.8 Å². The molecule has 0 aliphatic carbocycles. The van der Waals surface area contributed by atoms with Gasteiger partial charge in [0.2, 0.25) is 5.91 Å². The second-order valence-corrected chi connectivity index (χ2v) is 6.71. The fourth-order valence-corrected chi connectivity index (χ4v) is 3.28. The first-order valence-corrected chi connectivity index (χ1v) is 8.23. The molecule has 2 aromatic rings. The molecule has 112 valence electrons. The van der Waals surface area contributed by atoms with Crippen LogP contribution in [-0.4, -0.2) is 38.8 Å². The Kier molecular flexibility index (Phi) is 5.41. The fourth-order valence-electron chi connectivity index (χ4n) is 1.78. The molecule has 7 heteroatoms. The van der Waals surface area contributed by atoms with E-state index in [9.17, 15) is 4.79 Å². The Morgan fingerprint density at radius 3 is 2.81 bits per heavy atom. The zero-order valence-corrected chi connectivity index (χ0v) is 14.6. The molecule has 0 fully saturated rings. The lowest BCUT2D eigenvalue weighted by molar-refractivity contribution is -0.127. The van der Waals surface area contributed by atoms with E-state index in [-0.39, 0.29) is 5.91 Å². The molecule has 0 saturated carbocycles. The first-order valence-electron chi connectivity index (χ1n) is 6.45. The van der Waals surface area contributed by atoms with Gasteiger partial charge in [0.15, 0.2) is 0 Å². The molecule has 0 aliphatic rings. The van der Waals surface area contributed by atoms with Crippen molar-refractivity contribution in [2.24, 2.45) is 0 Å². The predicted octanol–water partition coefficient (Wildman–Crippen LogP) is 2.93. The number of aromatic nitrogens is 3. The number of hydrogen-bond acceptors (Lipinski definition) is 4. The number of nitrogens with one attached hydrogen (secondary N) is 1. The highest BCUT2D eigenvalue weighted by Crippen LogP contribution is 2.28. The number of amides is 1. The van der Waals surface area contributed by atoms with Crippen molar-refractivity contribution in [3.05, 3.63) is 39.9 Å². The standard InChI is InChI=1S/C14H17BrN4OS/c1-9-5-12(10(2)4-11(9)15)21-7-14(20)19(3)6-13-16-8-17-18-13/h4-5,8H,6-7H2,1-3H3,(H,16,17,18). The Labute approximate surface area is 136 Å². The van der Waals surface area contributed by atoms with E-state index in [1.165, 1.54) is 17.5 Å². The van der Waals surface area contributed by atoms with Gasteiger partial charge in [-0.1, -0.05) is 15.9 Å². The molecule has 0 saturated heterocycles. The number of thioether (sulfide) groups is 1. The van der Waals surface area contributed by atoms with Crippen LogP contribution in [-0.2, 0) is 11.3 Å².